The number of hydrogen-bond donors (Lipinski definition) is 3. The number of carboxylic acid groups (broad SMARTS) is 1. The molecule has 0 aliphatic carbocycles. The van der Waals surface area contributed by atoms with Crippen molar-refractivity contribution >= 4 is 17.7 Å². The van der Waals surface area contributed by atoms with Gasteiger partial charge in [0.05, 0.1) is 24.5 Å². The van der Waals surface area contributed by atoms with Crippen molar-refractivity contribution in [1.82, 2.24) is 4.90 Å². The Bertz CT molecular complexity index is 546. The van der Waals surface area contributed by atoms with Crippen molar-refractivity contribution in [2.75, 3.05) is 25.5 Å². The number of carbonyl (C=O) groups excluding carboxylic acids is 1. The van der Waals surface area contributed by atoms with Gasteiger partial charge in [0, 0.05) is 13.1 Å². The van der Waals surface area contributed by atoms with Gasteiger partial charge in [-0.15, -0.1) is 0 Å². The predicted molar refractivity (Wildman–Crippen MR) is 75.8 cm³/mol. The van der Waals surface area contributed by atoms with Crippen LogP contribution in [0.2, 0.25) is 0 Å². The van der Waals surface area contributed by atoms with Crippen LogP contribution < -0.4 is 10.1 Å². The van der Waals surface area contributed by atoms with Gasteiger partial charge in [0.25, 0.3) is 0 Å². The fourth-order valence-corrected chi connectivity index (χ4v) is 2.27. The van der Waals surface area contributed by atoms with Crippen LogP contribution in [0.5, 0.6) is 5.75 Å². The lowest BCUT2D eigenvalue weighted by Gasteiger charge is -2.30. The van der Waals surface area contributed by atoms with E-state index < -0.39 is 18.1 Å². The maximum atomic E-state index is 12.1. The number of likely N-dealkylation sites (tertiary alicyclic amines) is 1. The second-order valence-electron chi connectivity index (χ2n) is 4.89. The summed E-state index contributed by atoms with van der Waals surface area (Å²) in [5.74, 6) is -0.748. The second-order valence-corrected chi connectivity index (χ2v) is 4.89. The molecule has 1 aliphatic heterocycles. The Morgan fingerprint density at radius 3 is 2.81 bits per heavy atom. The molecular weight excluding hydrogens is 276 g/mol. The fourth-order valence-electron chi connectivity index (χ4n) is 2.27. The number of ether oxygens (including phenoxy) is 1. The van der Waals surface area contributed by atoms with E-state index in [0.717, 1.165) is 6.42 Å². The SMILES string of the molecule is COc1ccc(NC(=O)N2CCCC(O)C2)c(C(=O)O)c1. The number of amides is 2. The molecule has 0 aromatic heterocycles. The van der Waals surface area contributed by atoms with Crippen molar-refractivity contribution < 1.29 is 24.5 Å². The van der Waals surface area contributed by atoms with Gasteiger partial charge in [-0.05, 0) is 31.0 Å². The number of piperidine rings is 1. The Labute approximate surface area is 122 Å². The Morgan fingerprint density at radius 1 is 1.43 bits per heavy atom. The van der Waals surface area contributed by atoms with Crippen LogP contribution in [0.15, 0.2) is 18.2 Å². The largest absolute Gasteiger partial charge is 0.497 e. The molecule has 1 saturated heterocycles. The highest BCUT2D eigenvalue weighted by molar-refractivity contribution is 6.00. The van der Waals surface area contributed by atoms with E-state index in [0.29, 0.717) is 18.7 Å². The highest BCUT2D eigenvalue weighted by Gasteiger charge is 2.23. The number of benzene rings is 1. The summed E-state index contributed by atoms with van der Waals surface area (Å²) in [6.07, 6.45) is 0.870. The van der Waals surface area contributed by atoms with Crippen LogP contribution in [0.3, 0.4) is 0 Å². The van der Waals surface area contributed by atoms with E-state index in [1.165, 1.54) is 24.1 Å². The smallest absolute Gasteiger partial charge is 0.337 e. The summed E-state index contributed by atoms with van der Waals surface area (Å²) < 4.78 is 4.98. The molecule has 0 radical (unpaired) electrons. The van der Waals surface area contributed by atoms with Crippen molar-refractivity contribution in [3.8, 4) is 5.75 Å². The number of anilines is 1. The van der Waals surface area contributed by atoms with E-state index in [-0.39, 0.29) is 17.8 Å². The zero-order chi connectivity index (χ0) is 15.4. The number of methoxy groups -OCH3 is 1. The van der Waals surface area contributed by atoms with E-state index in [1.54, 1.807) is 6.07 Å². The van der Waals surface area contributed by atoms with Crippen LogP contribution in [-0.4, -0.2) is 53.4 Å². The molecule has 3 N–H and O–H groups in total. The number of hydrogen-bond acceptors (Lipinski definition) is 4. The molecule has 0 spiro atoms. The van der Waals surface area contributed by atoms with Gasteiger partial charge in [-0.25, -0.2) is 9.59 Å². The maximum absolute atomic E-state index is 12.1. The Hall–Kier alpha value is -2.28. The van der Waals surface area contributed by atoms with Crippen molar-refractivity contribution in [2.24, 2.45) is 0 Å². The van der Waals surface area contributed by atoms with E-state index in [9.17, 15) is 19.8 Å². The quantitative estimate of drug-likeness (QED) is 0.782. The number of nitrogens with one attached hydrogen (secondary N) is 1. The molecule has 1 aliphatic rings. The van der Waals surface area contributed by atoms with Gasteiger partial charge in [-0.2, -0.15) is 0 Å². The minimum Gasteiger partial charge on any atom is -0.497 e. The molecule has 21 heavy (non-hydrogen) atoms. The summed E-state index contributed by atoms with van der Waals surface area (Å²) in [4.78, 5) is 24.8. The summed E-state index contributed by atoms with van der Waals surface area (Å²) in [7, 11) is 1.44. The van der Waals surface area contributed by atoms with Crippen LogP contribution in [0.25, 0.3) is 0 Å². The van der Waals surface area contributed by atoms with Gasteiger partial charge in [-0.3, -0.25) is 0 Å². The molecule has 7 nitrogen and oxygen atoms in total. The molecule has 1 unspecified atom stereocenters. The minimum atomic E-state index is -1.15. The van der Waals surface area contributed by atoms with Crippen LogP contribution in [-0.2, 0) is 0 Å². The van der Waals surface area contributed by atoms with Crippen molar-refractivity contribution in [1.29, 1.82) is 0 Å². The van der Waals surface area contributed by atoms with Crippen molar-refractivity contribution in [2.45, 2.75) is 18.9 Å². The molecule has 2 amide bonds. The van der Waals surface area contributed by atoms with Gasteiger partial charge < -0.3 is 25.2 Å². The molecule has 0 saturated carbocycles. The van der Waals surface area contributed by atoms with Gasteiger partial charge in [0.1, 0.15) is 5.75 Å². The zero-order valence-corrected chi connectivity index (χ0v) is 11.7. The Morgan fingerprint density at radius 2 is 2.19 bits per heavy atom. The predicted octanol–water partition coefficient (Wildman–Crippen LogP) is 1.38. The molecular formula is C14H18N2O5. The summed E-state index contributed by atoms with van der Waals surface area (Å²) in [6.45, 7) is 0.797. The van der Waals surface area contributed by atoms with Crippen molar-refractivity contribution in [3.05, 3.63) is 23.8 Å². The first kappa shape index (κ1) is 15.1. The lowest BCUT2D eigenvalue weighted by Crippen LogP contribution is -2.44. The molecule has 1 aromatic carbocycles. The van der Waals surface area contributed by atoms with E-state index >= 15 is 0 Å². The topological polar surface area (TPSA) is 99.1 Å². The first-order chi connectivity index (χ1) is 10.0. The molecule has 1 fully saturated rings. The molecule has 1 aromatic rings. The zero-order valence-electron chi connectivity index (χ0n) is 11.7. The van der Waals surface area contributed by atoms with Crippen LogP contribution in [0.4, 0.5) is 10.5 Å². The number of nitrogens with zero attached hydrogens (tertiary/aromatic N) is 1. The second kappa shape index (κ2) is 6.45. The Balaban J connectivity index is 2.14. The molecule has 7 heteroatoms. The van der Waals surface area contributed by atoms with E-state index in [2.05, 4.69) is 5.32 Å². The number of aliphatic hydroxyl groups is 1. The average Bonchev–Trinajstić information content (AvgIpc) is 2.47. The number of urea groups is 1. The highest BCUT2D eigenvalue weighted by atomic mass is 16.5. The molecule has 114 valence electrons. The van der Waals surface area contributed by atoms with Crippen LogP contribution >= 0.6 is 0 Å². The molecule has 0 bridgehead atoms. The third-order valence-corrected chi connectivity index (χ3v) is 3.38. The van der Waals surface area contributed by atoms with Crippen LogP contribution in [0, 0.1) is 0 Å². The Kier molecular flexibility index (Phi) is 4.64. The molecule has 2 rings (SSSR count). The minimum absolute atomic E-state index is 0.0414. The van der Waals surface area contributed by atoms with E-state index in [4.69, 9.17) is 4.74 Å². The third kappa shape index (κ3) is 3.63. The highest BCUT2D eigenvalue weighted by Crippen LogP contribution is 2.23. The summed E-state index contributed by atoms with van der Waals surface area (Å²) >= 11 is 0. The lowest BCUT2D eigenvalue weighted by atomic mass is 10.1. The summed E-state index contributed by atoms with van der Waals surface area (Å²) in [6, 6.07) is 4.00. The normalized spacial score (nSPS) is 18.2. The van der Waals surface area contributed by atoms with Gasteiger partial charge in [0.2, 0.25) is 0 Å². The number of aliphatic hydroxyl groups excluding tert-OH is 1. The summed E-state index contributed by atoms with van der Waals surface area (Å²) in [5.41, 5.74) is 0.161. The number of rotatable bonds is 3. The first-order valence-electron chi connectivity index (χ1n) is 6.66. The lowest BCUT2D eigenvalue weighted by molar-refractivity contribution is 0.0697. The maximum Gasteiger partial charge on any atom is 0.337 e. The number of aromatic carboxylic acids is 1. The first-order valence-corrected chi connectivity index (χ1v) is 6.66. The van der Waals surface area contributed by atoms with Crippen LogP contribution in [0.1, 0.15) is 23.2 Å². The number of β-amino-alcohol motifs (C(OH)–C–C–N with tert-alkyl or cyclic N) is 1. The monoisotopic (exact) mass is 294 g/mol. The standard InChI is InChI=1S/C14H18N2O5/c1-21-10-4-5-12(11(7-10)13(18)19)15-14(20)16-6-2-3-9(17)8-16/h4-5,7,9,17H,2-3,6,8H2,1H3,(H,15,20)(H,18,19). The molecule has 1 atom stereocenters. The van der Waals surface area contributed by atoms with E-state index in [1.807, 2.05) is 0 Å². The van der Waals surface area contributed by atoms with Gasteiger partial charge >= 0.3 is 12.0 Å². The van der Waals surface area contributed by atoms with Gasteiger partial charge in [-0.1, -0.05) is 0 Å². The van der Waals surface area contributed by atoms with Crippen molar-refractivity contribution in [3.63, 3.8) is 0 Å². The number of carbonyl (C=O) groups is 2. The average molecular weight is 294 g/mol. The summed E-state index contributed by atoms with van der Waals surface area (Å²) in [5, 5.41) is 21.3. The molecule has 1 heterocycles. The third-order valence-electron chi connectivity index (χ3n) is 3.38. The fraction of sp³-hybridized carbons (Fsp3) is 0.429. The number of carboxylic acids is 1. The van der Waals surface area contributed by atoms with Gasteiger partial charge in [0.15, 0.2) is 0 Å².